The van der Waals surface area contributed by atoms with Gasteiger partial charge in [0.15, 0.2) is 0 Å². The Labute approximate surface area is 102 Å². The van der Waals surface area contributed by atoms with Crippen LogP contribution < -0.4 is 0 Å². The molecule has 0 saturated heterocycles. The average molecular weight is 264 g/mol. The van der Waals surface area contributed by atoms with Crippen LogP contribution in [0.2, 0.25) is 0 Å². The molecule has 2 atom stereocenters. The SMILES string of the molecule is CC1(C)C2CC[C@]1(CS(=O)(=O)O)C(=O)C2.CO. The van der Waals surface area contributed by atoms with Crippen molar-refractivity contribution in [2.45, 2.75) is 33.1 Å². The van der Waals surface area contributed by atoms with Crippen LogP contribution in [-0.2, 0) is 14.9 Å². The van der Waals surface area contributed by atoms with Crippen LogP contribution in [0.1, 0.15) is 33.1 Å². The summed E-state index contributed by atoms with van der Waals surface area (Å²) in [5.41, 5.74) is -1.12. The van der Waals surface area contributed by atoms with E-state index in [0.29, 0.717) is 12.8 Å². The summed E-state index contributed by atoms with van der Waals surface area (Å²) in [5, 5.41) is 7.00. The molecule has 1 unspecified atom stereocenters. The molecule has 0 aromatic carbocycles. The van der Waals surface area contributed by atoms with Gasteiger partial charge in [0.2, 0.25) is 0 Å². The maximum absolute atomic E-state index is 11.9. The van der Waals surface area contributed by atoms with Crippen LogP contribution >= 0.6 is 0 Å². The standard InChI is InChI=1S/C10H16O4S.CH4O/c1-9(2)7-3-4-10(9,8(11)5-7)6-15(12,13)14;1-2/h7H,3-6H2,1-2H3,(H,12,13,14);2H,1H3/t7?,10-;/m0./s1. The summed E-state index contributed by atoms with van der Waals surface area (Å²) in [6.07, 6.45) is 1.97. The number of carbonyl (C=O) groups is 1. The lowest BCUT2D eigenvalue weighted by Gasteiger charge is -2.35. The summed E-state index contributed by atoms with van der Waals surface area (Å²) >= 11 is 0. The molecular formula is C11H20O5S. The molecule has 0 aromatic rings. The van der Waals surface area contributed by atoms with Crippen molar-refractivity contribution in [1.29, 1.82) is 0 Å². The Morgan fingerprint density at radius 3 is 2.18 bits per heavy atom. The van der Waals surface area contributed by atoms with Crippen molar-refractivity contribution in [2.24, 2.45) is 16.7 Å². The molecule has 6 heteroatoms. The summed E-state index contributed by atoms with van der Waals surface area (Å²) in [4.78, 5) is 11.9. The van der Waals surface area contributed by atoms with Gasteiger partial charge in [0, 0.05) is 13.5 Å². The smallest absolute Gasteiger partial charge is 0.265 e. The van der Waals surface area contributed by atoms with Gasteiger partial charge in [-0.2, -0.15) is 8.42 Å². The van der Waals surface area contributed by atoms with E-state index in [1.807, 2.05) is 13.8 Å². The van der Waals surface area contributed by atoms with E-state index >= 15 is 0 Å². The zero-order chi connectivity index (χ0) is 13.5. The fourth-order valence-electron chi connectivity index (χ4n) is 3.42. The van der Waals surface area contributed by atoms with Crippen LogP contribution in [0.4, 0.5) is 0 Å². The minimum atomic E-state index is -4.08. The lowest BCUT2D eigenvalue weighted by Crippen LogP contribution is -2.42. The Morgan fingerprint density at radius 2 is 1.88 bits per heavy atom. The molecular weight excluding hydrogens is 244 g/mol. The third kappa shape index (κ3) is 2.13. The zero-order valence-corrected chi connectivity index (χ0v) is 11.2. The largest absolute Gasteiger partial charge is 0.400 e. The molecule has 100 valence electrons. The average Bonchev–Trinajstić information content (AvgIpc) is 2.52. The molecule has 0 radical (unpaired) electrons. The Balaban J connectivity index is 0.000000686. The minimum absolute atomic E-state index is 0.0152. The van der Waals surface area contributed by atoms with E-state index in [2.05, 4.69) is 0 Å². The first-order valence-corrected chi connectivity index (χ1v) is 7.23. The predicted molar refractivity (Wildman–Crippen MR) is 63.1 cm³/mol. The van der Waals surface area contributed by atoms with Gasteiger partial charge in [-0.1, -0.05) is 13.8 Å². The van der Waals surface area contributed by atoms with Gasteiger partial charge in [0.25, 0.3) is 10.1 Å². The number of fused-ring (bicyclic) bond motifs is 2. The Morgan fingerprint density at radius 1 is 1.35 bits per heavy atom. The highest BCUT2D eigenvalue weighted by atomic mass is 32.2. The van der Waals surface area contributed by atoms with Crippen LogP contribution in [0.5, 0.6) is 0 Å². The predicted octanol–water partition coefficient (Wildman–Crippen LogP) is 0.878. The molecule has 5 nitrogen and oxygen atoms in total. The molecule has 2 aliphatic rings. The second kappa shape index (κ2) is 4.33. The van der Waals surface area contributed by atoms with Gasteiger partial charge in [-0.3, -0.25) is 9.35 Å². The lowest BCUT2D eigenvalue weighted by atomic mass is 9.70. The molecule has 0 aromatic heterocycles. The summed E-state index contributed by atoms with van der Waals surface area (Å²) in [6, 6.07) is 0. The van der Waals surface area contributed by atoms with Gasteiger partial charge in [-0.25, -0.2) is 0 Å². The van der Waals surface area contributed by atoms with Gasteiger partial charge < -0.3 is 5.11 Å². The number of rotatable bonds is 2. The molecule has 2 N–H and O–H groups in total. The highest BCUT2D eigenvalue weighted by molar-refractivity contribution is 7.85. The minimum Gasteiger partial charge on any atom is -0.400 e. The van der Waals surface area contributed by atoms with Crippen molar-refractivity contribution >= 4 is 15.9 Å². The normalized spacial score (nSPS) is 34.4. The van der Waals surface area contributed by atoms with Gasteiger partial charge in [-0.15, -0.1) is 0 Å². The molecule has 0 heterocycles. The summed E-state index contributed by atoms with van der Waals surface area (Å²) in [7, 11) is -3.08. The van der Waals surface area contributed by atoms with E-state index in [1.54, 1.807) is 0 Å². The number of aliphatic hydroxyl groups excluding tert-OH is 1. The van der Waals surface area contributed by atoms with Crippen LogP contribution in [0.25, 0.3) is 0 Å². The van der Waals surface area contributed by atoms with E-state index in [0.717, 1.165) is 13.5 Å². The molecule has 0 amide bonds. The van der Waals surface area contributed by atoms with E-state index in [1.165, 1.54) is 0 Å². The highest BCUT2D eigenvalue weighted by Crippen LogP contribution is 2.64. The maximum Gasteiger partial charge on any atom is 0.265 e. The molecule has 2 rings (SSSR count). The Kier molecular flexibility index (Phi) is 3.72. The quantitative estimate of drug-likeness (QED) is 0.722. The fourth-order valence-corrected chi connectivity index (χ4v) is 4.72. The number of hydrogen-bond donors (Lipinski definition) is 2. The van der Waals surface area contributed by atoms with E-state index < -0.39 is 21.3 Å². The molecule has 2 saturated carbocycles. The molecule has 2 aliphatic carbocycles. The van der Waals surface area contributed by atoms with Crippen LogP contribution in [0.3, 0.4) is 0 Å². The summed E-state index contributed by atoms with van der Waals surface area (Å²) in [6.45, 7) is 3.89. The van der Waals surface area contributed by atoms with Gasteiger partial charge in [-0.05, 0) is 24.2 Å². The van der Waals surface area contributed by atoms with Gasteiger partial charge in [0.05, 0.1) is 11.2 Å². The zero-order valence-electron chi connectivity index (χ0n) is 10.4. The maximum atomic E-state index is 11.9. The second-order valence-corrected chi connectivity index (χ2v) is 6.85. The number of carbonyl (C=O) groups excluding carboxylic acids is 1. The molecule has 2 fully saturated rings. The van der Waals surface area contributed by atoms with E-state index in [-0.39, 0.29) is 17.1 Å². The van der Waals surface area contributed by atoms with E-state index in [9.17, 15) is 13.2 Å². The van der Waals surface area contributed by atoms with Crippen molar-refractivity contribution in [2.75, 3.05) is 12.9 Å². The van der Waals surface area contributed by atoms with Crippen LogP contribution in [0, 0.1) is 16.7 Å². The van der Waals surface area contributed by atoms with Crippen molar-refractivity contribution in [3.05, 3.63) is 0 Å². The number of ketones is 1. The number of hydrogen-bond acceptors (Lipinski definition) is 4. The summed E-state index contributed by atoms with van der Waals surface area (Å²) in [5.74, 6) is -0.101. The van der Waals surface area contributed by atoms with Gasteiger partial charge >= 0.3 is 0 Å². The topological polar surface area (TPSA) is 91.7 Å². The Hall–Kier alpha value is -0.460. The number of Topliss-reactive ketones (excluding diaryl/α,β-unsaturated/α-hetero) is 1. The third-order valence-electron chi connectivity index (χ3n) is 4.57. The number of aliphatic hydroxyl groups is 1. The van der Waals surface area contributed by atoms with Crippen molar-refractivity contribution in [3.63, 3.8) is 0 Å². The molecule has 0 aliphatic heterocycles. The van der Waals surface area contributed by atoms with Crippen molar-refractivity contribution in [1.82, 2.24) is 0 Å². The van der Waals surface area contributed by atoms with Crippen LogP contribution in [-0.4, -0.2) is 36.7 Å². The first-order chi connectivity index (χ1) is 7.69. The van der Waals surface area contributed by atoms with Gasteiger partial charge in [0.1, 0.15) is 5.78 Å². The lowest BCUT2D eigenvalue weighted by molar-refractivity contribution is -0.128. The van der Waals surface area contributed by atoms with E-state index in [4.69, 9.17) is 9.66 Å². The molecule has 0 spiro atoms. The molecule has 2 bridgehead atoms. The summed E-state index contributed by atoms with van der Waals surface area (Å²) < 4.78 is 31.0. The fraction of sp³-hybridized carbons (Fsp3) is 0.909. The van der Waals surface area contributed by atoms with Crippen molar-refractivity contribution < 1.29 is 22.9 Å². The highest BCUT2D eigenvalue weighted by Gasteiger charge is 2.65. The Bertz CT molecular complexity index is 412. The second-order valence-electron chi connectivity index (χ2n) is 5.39. The van der Waals surface area contributed by atoms with Crippen LogP contribution in [0.15, 0.2) is 0 Å². The third-order valence-corrected chi connectivity index (χ3v) is 5.43. The van der Waals surface area contributed by atoms with Crippen molar-refractivity contribution in [3.8, 4) is 0 Å². The first-order valence-electron chi connectivity index (χ1n) is 5.62. The first kappa shape index (κ1) is 14.6. The monoisotopic (exact) mass is 264 g/mol. The molecule has 17 heavy (non-hydrogen) atoms.